The summed E-state index contributed by atoms with van der Waals surface area (Å²) in [6, 6.07) is 8.48. The molecule has 2 aromatic rings. The number of thioether (sulfide) groups is 1. The van der Waals surface area contributed by atoms with Crippen molar-refractivity contribution in [1.82, 2.24) is 4.90 Å². The largest absolute Gasteiger partial charge is 0.451 e. The monoisotopic (exact) mass is 479 g/mol. The number of benzene rings is 1. The molecule has 0 atom stereocenters. The van der Waals surface area contributed by atoms with E-state index in [0.29, 0.717) is 30.0 Å². The molecule has 0 spiro atoms. The second-order valence-corrected chi connectivity index (χ2v) is 7.55. The zero-order chi connectivity index (χ0) is 16.6. The molecule has 1 aromatic heterocycles. The minimum absolute atomic E-state index is 0.105. The van der Waals surface area contributed by atoms with Crippen LogP contribution in [0.3, 0.4) is 0 Å². The number of imide groups is 1. The summed E-state index contributed by atoms with van der Waals surface area (Å²) in [5.74, 6) is 0.168. The summed E-state index contributed by atoms with van der Waals surface area (Å²) in [5, 5.41) is 0.579. The Labute approximate surface area is 159 Å². The van der Waals surface area contributed by atoms with Crippen molar-refractivity contribution in [3.63, 3.8) is 0 Å². The van der Waals surface area contributed by atoms with Gasteiger partial charge in [-0.1, -0.05) is 29.3 Å². The molecule has 23 heavy (non-hydrogen) atoms. The molecule has 1 aliphatic rings. The molecule has 1 aromatic carbocycles. The second kappa shape index (κ2) is 6.88. The summed E-state index contributed by atoms with van der Waals surface area (Å²) >= 11 is 14.9. The number of hydrogen-bond acceptors (Lipinski definition) is 4. The first-order valence-electron chi connectivity index (χ1n) is 6.38. The fourth-order valence-corrected chi connectivity index (χ4v) is 3.71. The van der Waals surface area contributed by atoms with E-state index in [2.05, 4.69) is 0 Å². The van der Waals surface area contributed by atoms with Crippen LogP contribution in [0.15, 0.2) is 39.7 Å². The van der Waals surface area contributed by atoms with Gasteiger partial charge in [-0.05, 0) is 64.2 Å². The maximum Gasteiger partial charge on any atom is 0.293 e. The molecule has 8 heteroatoms. The Hall–Kier alpha value is -0.960. The number of carbonyl (C=O) groups is 2. The topological polar surface area (TPSA) is 50.5 Å². The van der Waals surface area contributed by atoms with E-state index in [0.717, 1.165) is 16.7 Å². The van der Waals surface area contributed by atoms with Gasteiger partial charge in [0.15, 0.2) is 3.77 Å². The zero-order valence-electron chi connectivity index (χ0n) is 11.4. The maximum absolute atomic E-state index is 12.4. The fraction of sp³-hybridized carbons (Fsp3) is 0.0667. The Bertz CT molecular complexity index is 834. The highest BCUT2D eigenvalue weighted by molar-refractivity contribution is 14.1. The van der Waals surface area contributed by atoms with E-state index in [1.165, 1.54) is 0 Å². The number of furan rings is 1. The normalized spacial score (nSPS) is 16.7. The minimum Gasteiger partial charge on any atom is -0.451 e. The standard InChI is InChI=1S/C15H8Cl2INO3S/c16-9-2-1-8(11(17)5-9)7-19-14(20)12(23-15(19)21)6-10-3-4-13(18)22-10/h1-6H,7H2/b12-6-. The molecule has 118 valence electrons. The van der Waals surface area contributed by atoms with Gasteiger partial charge in [0.1, 0.15) is 5.76 Å². The van der Waals surface area contributed by atoms with E-state index >= 15 is 0 Å². The lowest BCUT2D eigenvalue weighted by atomic mass is 10.2. The molecule has 0 aliphatic carbocycles. The number of carbonyl (C=O) groups excluding carboxylic acids is 2. The van der Waals surface area contributed by atoms with Gasteiger partial charge >= 0.3 is 0 Å². The molecule has 1 fully saturated rings. The van der Waals surface area contributed by atoms with Gasteiger partial charge in [-0.25, -0.2) is 0 Å². The maximum atomic E-state index is 12.4. The first-order valence-corrected chi connectivity index (χ1v) is 9.04. The molecule has 1 aliphatic heterocycles. The van der Waals surface area contributed by atoms with Crippen LogP contribution >= 0.6 is 57.6 Å². The third-order valence-electron chi connectivity index (χ3n) is 3.08. The number of nitrogens with zero attached hydrogens (tertiary/aromatic N) is 1. The van der Waals surface area contributed by atoms with Gasteiger partial charge < -0.3 is 4.42 Å². The minimum atomic E-state index is -0.363. The van der Waals surface area contributed by atoms with Crippen LogP contribution in [-0.4, -0.2) is 16.0 Å². The van der Waals surface area contributed by atoms with E-state index < -0.39 is 0 Å². The summed E-state index contributed by atoms with van der Waals surface area (Å²) in [6.45, 7) is 0.105. The van der Waals surface area contributed by atoms with Crippen molar-refractivity contribution in [2.24, 2.45) is 0 Å². The zero-order valence-corrected chi connectivity index (χ0v) is 15.9. The molecule has 4 nitrogen and oxygen atoms in total. The van der Waals surface area contributed by atoms with Gasteiger partial charge in [0.2, 0.25) is 0 Å². The van der Waals surface area contributed by atoms with Crippen molar-refractivity contribution >= 4 is 74.8 Å². The molecule has 2 amide bonds. The summed E-state index contributed by atoms with van der Waals surface area (Å²) < 4.78 is 6.10. The lowest BCUT2D eigenvalue weighted by molar-refractivity contribution is -0.123. The average Bonchev–Trinajstić information content (AvgIpc) is 3.00. The Morgan fingerprint density at radius 3 is 2.65 bits per heavy atom. The summed E-state index contributed by atoms with van der Waals surface area (Å²) in [7, 11) is 0. The fourth-order valence-electron chi connectivity index (χ4n) is 1.99. The van der Waals surface area contributed by atoms with E-state index in [1.807, 2.05) is 22.6 Å². The van der Waals surface area contributed by atoms with Crippen LogP contribution in [0.5, 0.6) is 0 Å². The first-order chi connectivity index (χ1) is 10.9. The number of halogens is 3. The van der Waals surface area contributed by atoms with Crippen LogP contribution in [-0.2, 0) is 11.3 Å². The van der Waals surface area contributed by atoms with Crippen LogP contribution < -0.4 is 0 Å². The molecule has 3 rings (SSSR count). The van der Waals surface area contributed by atoms with Crippen LogP contribution in [0.4, 0.5) is 4.79 Å². The van der Waals surface area contributed by atoms with Crippen LogP contribution in [0, 0.1) is 3.77 Å². The molecule has 0 radical (unpaired) electrons. The Kier molecular flexibility index (Phi) is 5.05. The van der Waals surface area contributed by atoms with Gasteiger partial charge in [-0.2, -0.15) is 0 Å². The van der Waals surface area contributed by atoms with Crippen molar-refractivity contribution in [3.05, 3.63) is 60.4 Å². The number of rotatable bonds is 3. The van der Waals surface area contributed by atoms with Gasteiger partial charge in [-0.15, -0.1) is 0 Å². The predicted molar refractivity (Wildman–Crippen MR) is 99.4 cm³/mol. The number of amides is 2. The molecule has 1 saturated heterocycles. The smallest absolute Gasteiger partial charge is 0.293 e. The van der Waals surface area contributed by atoms with Crippen LogP contribution in [0.25, 0.3) is 6.08 Å². The quantitative estimate of drug-likeness (QED) is 0.435. The molecule has 0 bridgehead atoms. The predicted octanol–water partition coefficient (Wildman–Crippen LogP) is 5.43. The summed E-state index contributed by atoms with van der Waals surface area (Å²) in [4.78, 5) is 26.0. The van der Waals surface area contributed by atoms with Crippen LogP contribution in [0.1, 0.15) is 11.3 Å². The van der Waals surface area contributed by atoms with Crippen LogP contribution in [0.2, 0.25) is 10.0 Å². The van der Waals surface area contributed by atoms with E-state index in [1.54, 1.807) is 36.4 Å². The average molecular weight is 480 g/mol. The molecule has 0 N–H and O–H groups in total. The highest BCUT2D eigenvalue weighted by Gasteiger charge is 2.35. The third-order valence-corrected chi connectivity index (χ3v) is 5.16. The Morgan fingerprint density at radius 1 is 1.22 bits per heavy atom. The lowest BCUT2D eigenvalue weighted by Gasteiger charge is -2.13. The summed E-state index contributed by atoms with van der Waals surface area (Å²) in [5.41, 5.74) is 0.659. The third kappa shape index (κ3) is 3.76. The highest BCUT2D eigenvalue weighted by atomic mass is 127. The van der Waals surface area contributed by atoms with Crippen molar-refractivity contribution in [2.45, 2.75) is 6.54 Å². The Morgan fingerprint density at radius 2 is 2.00 bits per heavy atom. The number of hydrogen-bond donors (Lipinski definition) is 0. The van der Waals surface area contributed by atoms with Gasteiger partial charge in [-0.3, -0.25) is 14.5 Å². The lowest BCUT2D eigenvalue weighted by Crippen LogP contribution is -2.27. The van der Waals surface area contributed by atoms with Crippen molar-refractivity contribution in [2.75, 3.05) is 0 Å². The summed E-state index contributed by atoms with van der Waals surface area (Å²) in [6.07, 6.45) is 1.57. The Balaban J connectivity index is 1.82. The van der Waals surface area contributed by atoms with Gasteiger partial charge in [0.05, 0.1) is 11.4 Å². The SMILES string of the molecule is O=C1S/C(=C\c2ccc(I)o2)C(=O)N1Cc1ccc(Cl)cc1Cl. The van der Waals surface area contributed by atoms with Crippen molar-refractivity contribution in [3.8, 4) is 0 Å². The first kappa shape index (κ1) is 16.9. The molecule has 2 heterocycles. The van der Waals surface area contributed by atoms with E-state index in [-0.39, 0.29) is 17.7 Å². The van der Waals surface area contributed by atoms with Crippen molar-refractivity contribution < 1.29 is 14.0 Å². The van der Waals surface area contributed by atoms with E-state index in [4.69, 9.17) is 27.6 Å². The molecule has 0 saturated carbocycles. The van der Waals surface area contributed by atoms with Gasteiger partial charge in [0, 0.05) is 16.1 Å². The van der Waals surface area contributed by atoms with Gasteiger partial charge in [0.25, 0.3) is 11.1 Å². The molecule has 0 unspecified atom stereocenters. The highest BCUT2D eigenvalue weighted by Crippen LogP contribution is 2.34. The second-order valence-electron chi connectivity index (χ2n) is 4.65. The van der Waals surface area contributed by atoms with E-state index in [9.17, 15) is 9.59 Å². The molecular formula is C15H8Cl2INO3S. The molecular weight excluding hydrogens is 472 g/mol. The van der Waals surface area contributed by atoms with Crippen molar-refractivity contribution in [1.29, 1.82) is 0 Å².